The first-order valence-electron chi connectivity index (χ1n) is 7.08. The molecule has 1 aromatic carbocycles. The first-order chi connectivity index (χ1) is 8.88. The molecular weight excluding hydrogens is 224 g/mol. The van der Waals surface area contributed by atoms with Crippen LogP contribution in [0.3, 0.4) is 0 Å². The standard InChI is InChI=1S/C16H16O2/c1-2-7-12-11(6-1)14-15(17-12)13-9-10-5-3-4-8-16(10,14)18-13/h1-2,6-7,10,13H,3-5,8-9H2/t10-,13-,16+/m1/s1. The molecular formula is C16H16O2. The van der Waals surface area contributed by atoms with Crippen LogP contribution in [0, 0.1) is 5.92 Å². The van der Waals surface area contributed by atoms with Gasteiger partial charge in [-0.25, -0.2) is 0 Å². The van der Waals surface area contributed by atoms with E-state index in [0.717, 1.165) is 17.3 Å². The van der Waals surface area contributed by atoms with Crippen LogP contribution in [0.15, 0.2) is 28.7 Å². The largest absolute Gasteiger partial charge is 0.458 e. The Kier molecular flexibility index (Phi) is 1.60. The Hall–Kier alpha value is -1.28. The van der Waals surface area contributed by atoms with E-state index in [1.165, 1.54) is 43.1 Å². The highest BCUT2D eigenvalue weighted by molar-refractivity contribution is 5.84. The summed E-state index contributed by atoms with van der Waals surface area (Å²) in [7, 11) is 0. The van der Waals surface area contributed by atoms with Gasteiger partial charge >= 0.3 is 0 Å². The molecule has 1 saturated carbocycles. The molecule has 1 aliphatic carbocycles. The molecule has 3 atom stereocenters. The van der Waals surface area contributed by atoms with Gasteiger partial charge in [-0.1, -0.05) is 31.0 Å². The highest BCUT2D eigenvalue weighted by Gasteiger charge is 2.60. The maximum absolute atomic E-state index is 6.39. The predicted molar refractivity (Wildman–Crippen MR) is 68.3 cm³/mol. The fraction of sp³-hybridized carbons (Fsp3) is 0.500. The Morgan fingerprint density at radius 2 is 2.11 bits per heavy atom. The Morgan fingerprint density at radius 3 is 3.11 bits per heavy atom. The topological polar surface area (TPSA) is 22.4 Å². The van der Waals surface area contributed by atoms with Gasteiger partial charge in [0.25, 0.3) is 0 Å². The van der Waals surface area contributed by atoms with E-state index in [2.05, 4.69) is 24.3 Å². The zero-order chi connectivity index (χ0) is 11.7. The van der Waals surface area contributed by atoms with Crippen LogP contribution in [0.1, 0.15) is 49.5 Å². The predicted octanol–water partition coefficient (Wildman–Crippen LogP) is 4.29. The van der Waals surface area contributed by atoms with Crippen molar-refractivity contribution in [3.8, 4) is 0 Å². The second kappa shape index (κ2) is 3.00. The minimum absolute atomic E-state index is 0.00481. The summed E-state index contributed by atoms with van der Waals surface area (Å²) in [5.41, 5.74) is 2.45. The summed E-state index contributed by atoms with van der Waals surface area (Å²) in [4.78, 5) is 0. The SMILES string of the molecule is c1ccc2c3c(oc2c1)[C@H]1C[C@H]2CCCC[C@@]32O1. The number of benzene rings is 1. The molecule has 0 radical (unpaired) electrons. The van der Waals surface area contributed by atoms with Gasteiger partial charge in [0.05, 0.1) is 0 Å². The van der Waals surface area contributed by atoms with Crippen molar-refractivity contribution in [2.24, 2.45) is 5.92 Å². The van der Waals surface area contributed by atoms with Crippen LogP contribution in [-0.2, 0) is 10.3 Å². The molecule has 5 rings (SSSR count). The van der Waals surface area contributed by atoms with Crippen molar-refractivity contribution in [2.75, 3.05) is 0 Å². The van der Waals surface area contributed by atoms with Gasteiger partial charge in [-0.2, -0.15) is 0 Å². The van der Waals surface area contributed by atoms with Crippen molar-refractivity contribution in [3.63, 3.8) is 0 Å². The molecule has 2 heteroatoms. The van der Waals surface area contributed by atoms with Crippen molar-refractivity contribution in [3.05, 3.63) is 35.6 Å². The van der Waals surface area contributed by atoms with Crippen LogP contribution in [0.4, 0.5) is 0 Å². The molecule has 2 aliphatic heterocycles. The van der Waals surface area contributed by atoms with Crippen LogP contribution in [0.25, 0.3) is 11.0 Å². The first kappa shape index (κ1) is 9.62. The van der Waals surface area contributed by atoms with Crippen LogP contribution in [0.5, 0.6) is 0 Å². The number of ether oxygens (including phenoxy) is 1. The third-order valence-electron chi connectivity index (χ3n) is 5.20. The van der Waals surface area contributed by atoms with E-state index in [0.29, 0.717) is 0 Å². The van der Waals surface area contributed by atoms with E-state index in [1.54, 1.807) is 0 Å². The molecule has 3 heterocycles. The maximum Gasteiger partial charge on any atom is 0.140 e. The lowest BCUT2D eigenvalue weighted by Gasteiger charge is -2.37. The van der Waals surface area contributed by atoms with Gasteiger partial charge < -0.3 is 9.15 Å². The summed E-state index contributed by atoms with van der Waals surface area (Å²) in [6.07, 6.45) is 6.58. The molecule has 1 saturated heterocycles. The van der Waals surface area contributed by atoms with Gasteiger partial charge in [0.2, 0.25) is 0 Å². The monoisotopic (exact) mass is 240 g/mol. The average Bonchev–Trinajstić information content (AvgIpc) is 3.04. The molecule has 0 amide bonds. The minimum atomic E-state index is 0.00481. The van der Waals surface area contributed by atoms with Crippen LogP contribution < -0.4 is 0 Å². The molecule has 18 heavy (non-hydrogen) atoms. The Labute approximate surface area is 106 Å². The quantitative estimate of drug-likeness (QED) is 0.685. The van der Waals surface area contributed by atoms with E-state index < -0.39 is 0 Å². The highest BCUT2D eigenvalue weighted by atomic mass is 16.5. The summed E-state index contributed by atoms with van der Waals surface area (Å²) in [5, 5.41) is 1.29. The van der Waals surface area contributed by atoms with E-state index in [4.69, 9.17) is 9.15 Å². The summed E-state index contributed by atoms with van der Waals surface area (Å²) < 4.78 is 12.5. The van der Waals surface area contributed by atoms with Gasteiger partial charge in [-0.3, -0.25) is 0 Å². The maximum atomic E-state index is 6.39. The number of para-hydroxylation sites is 1. The zero-order valence-corrected chi connectivity index (χ0v) is 10.3. The van der Waals surface area contributed by atoms with Crippen molar-refractivity contribution in [1.82, 2.24) is 0 Å². The third kappa shape index (κ3) is 0.925. The van der Waals surface area contributed by atoms with Crippen molar-refractivity contribution >= 4 is 11.0 Å². The normalized spacial score (nSPS) is 36.9. The third-order valence-corrected chi connectivity index (χ3v) is 5.20. The van der Waals surface area contributed by atoms with Gasteiger partial charge in [0, 0.05) is 10.9 Å². The van der Waals surface area contributed by atoms with Crippen molar-refractivity contribution in [2.45, 2.75) is 43.8 Å². The van der Waals surface area contributed by atoms with E-state index in [9.17, 15) is 0 Å². The molecule has 0 unspecified atom stereocenters. The molecule has 2 nitrogen and oxygen atoms in total. The second-order valence-corrected chi connectivity index (χ2v) is 6.01. The van der Waals surface area contributed by atoms with Crippen LogP contribution in [0.2, 0.25) is 0 Å². The summed E-state index contributed by atoms with van der Waals surface area (Å²) >= 11 is 0. The highest BCUT2D eigenvalue weighted by Crippen LogP contribution is 2.64. The molecule has 1 spiro atoms. The van der Waals surface area contributed by atoms with Crippen LogP contribution in [-0.4, -0.2) is 0 Å². The Balaban J connectivity index is 1.84. The Bertz CT molecular complexity index is 642. The lowest BCUT2D eigenvalue weighted by Crippen LogP contribution is -2.34. The van der Waals surface area contributed by atoms with Gasteiger partial charge in [-0.05, 0) is 31.2 Å². The Morgan fingerprint density at radius 1 is 1.17 bits per heavy atom. The summed E-state index contributed by atoms with van der Waals surface area (Å²) in [6, 6.07) is 8.45. The number of fused-ring (bicyclic) bond motifs is 5. The molecule has 0 N–H and O–H groups in total. The zero-order valence-electron chi connectivity index (χ0n) is 10.3. The van der Waals surface area contributed by atoms with Gasteiger partial charge in [0.15, 0.2) is 0 Å². The van der Waals surface area contributed by atoms with Crippen LogP contribution >= 0.6 is 0 Å². The van der Waals surface area contributed by atoms with E-state index >= 15 is 0 Å². The number of furan rings is 1. The number of hydrogen-bond donors (Lipinski definition) is 0. The smallest absolute Gasteiger partial charge is 0.140 e. The van der Waals surface area contributed by atoms with Gasteiger partial charge in [0.1, 0.15) is 23.0 Å². The fourth-order valence-corrected chi connectivity index (χ4v) is 4.52. The molecule has 2 fully saturated rings. The number of hydrogen-bond acceptors (Lipinski definition) is 2. The average molecular weight is 240 g/mol. The molecule has 3 aliphatic rings. The summed E-state index contributed by atoms with van der Waals surface area (Å²) in [6.45, 7) is 0. The van der Waals surface area contributed by atoms with Crippen molar-refractivity contribution < 1.29 is 9.15 Å². The van der Waals surface area contributed by atoms with Gasteiger partial charge in [-0.15, -0.1) is 0 Å². The molecule has 1 aromatic heterocycles. The van der Waals surface area contributed by atoms with Crippen molar-refractivity contribution in [1.29, 1.82) is 0 Å². The minimum Gasteiger partial charge on any atom is -0.458 e. The lowest BCUT2D eigenvalue weighted by atomic mass is 9.68. The first-order valence-corrected chi connectivity index (χ1v) is 7.08. The summed E-state index contributed by atoms with van der Waals surface area (Å²) in [5.74, 6) is 1.86. The second-order valence-electron chi connectivity index (χ2n) is 6.01. The molecule has 92 valence electrons. The lowest BCUT2D eigenvalue weighted by molar-refractivity contribution is -0.0622. The fourth-order valence-electron chi connectivity index (χ4n) is 4.52. The van der Waals surface area contributed by atoms with E-state index in [-0.39, 0.29) is 11.7 Å². The van der Waals surface area contributed by atoms with E-state index in [1.807, 2.05) is 0 Å². The number of rotatable bonds is 0. The molecule has 2 bridgehead atoms. The molecule has 2 aromatic rings.